The summed E-state index contributed by atoms with van der Waals surface area (Å²) in [6.07, 6.45) is 5.70. The first-order valence-corrected chi connectivity index (χ1v) is 7.28. The van der Waals surface area contributed by atoms with Crippen molar-refractivity contribution in [3.05, 3.63) is 12.2 Å². The highest BCUT2D eigenvalue weighted by molar-refractivity contribution is 5.86. The van der Waals surface area contributed by atoms with Crippen molar-refractivity contribution in [3.8, 4) is 0 Å². The van der Waals surface area contributed by atoms with Crippen LogP contribution < -0.4 is 5.32 Å². The first-order chi connectivity index (χ1) is 9.49. The second-order valence-corrected chi connectivity index (χ2v) is 5.33. The zero-order chi connectivity index (χ0) is 15.0. The van der Waals surface area contributed by atoms with Gasteiger partial charge in [-0.25, -0.2) is 9.59 Å². The third-order valence-corrected chi connectivity index (χ3v) is 3.67. The van der Waals surface area contributed by atoms with Crippen molar-refractivity contribution in [3.63, 3.8) is 0 Å². The first kappa shape index (κ1) is 16.5. The van der Waals surface area contributed by atoms with Gasteiger partial charge in [-0.2, -0.15) is 0 Å². The summed E-state index contributed by atoms with van der Waals surface area (Å²) in [5.74, 6) is -0.447. The van der Waals surface area contributed by atoms with E-state index in [1.807, 2.05) is 6.92 Å². The van der Waals surface area contributed by atoms with Crippen LogP contribution >= 0.6 is 0 Å². The van der Waals surface area contributed by atoms with Crippen LogP contribution in [-0.4, -0.2) is 30.8 Å². The molecule has 1 aliphatic carbocycles. The monoisotopic (exact) mass is 283 g/mol. The third kappa shape index (κ3) is 5.23. The van der Waals surface area contributed by atoms with E-state index in [2.05, 4.69) is 11.9 Å². The smallest absolute Gasteiger partial charge is 0.407 e. The summed E-state index contributed by atoms with van der Waals surface area (Å²) in [5, 5.41) is 2.62. The Bertz CT molecular complexity index is 359. The van der Waals surface area contributed by atoms with Crippen molar-refractivity contribution < 1.29 is 19.1 Å². The number of esters is 1. The fourth-order valence-electron chi connectivity index (χ4n) is 2.38. The highest BCUT2D eigenvalue weighted by Gasteiger charge is 2.33. The van der Waals surface area contributed by atoms with Gasteiger partial charge in [-0.05, 0) is 39.0 Å². The number of amides is 1. The van der Waals surface area contributed by atoms with Crippen molar-refractivity contribution in [2.24, 2.45) is 0 Å². The van der Waals surface area contributed by atoms with Gasteiger partial charge in [0.15, 0.2) is 0 Å². The van der Waals surface area contributed by atoms with Crippen LogP contribution in [0.25, 0.3) is 0 Å². The molecule has 0 atom stereocenters. The van der Waals surface area contributed by atoms with Gasteiger partial charge in [-0.3, -0.25) is 0 Å². The van der Waals surface area contributed by atoms with Gasteiger partial charge in [0.05, 0.1) is 6.54 Å². The first-order valence-electron chi connectivity index (χ1n) is 7.28. The Kier molecular flexibility index (Phi) is 6.55. The van der Waals surface area contributed by atoms with Crippen molar-refractivity contribution in [2.45, 2.75) is 58.0 Å². The van der Waals surface area contributed by atoms with Crippen molar-refractivity contribution in [2.75, 3.05) is 13.2 Å². The number of nitrogens with one attached hydrogen (secondary N) is 1. The standard InChI is InChI=1S/C15H25NO4/c1-4-15(8-6-5-7-9-15)20-14(18)16-10-11-19-13(17)12(2)3/h2,4-11H2,1,3H3,(H,16,18). The molecule has 0 saturated heterocycles. The lowest BCUT2D eigenvalue weighted by Gasteiger charge is -2.35. The van der Waals surface area contributed by atoms with Gasteiger partial charge in [0, 0.05) is 5.57 Å². The van der Waals surface area contributed by atoms with E-state index < -0.39 is 12.1 Å². The zero-order valence-corrected chi connectivity index (χ0v) is 12.5. The molecule has 0 bridgehead atoms. The summed E-state index contributed by atoms with van der Waals surface area (Å²) in [5.41, 5.74) is 0.0381. The summed E-state index contributed by atoms with van der Waals surface area (Å²) < 4.78 is 10.5. The summed E-state index contributed by atoms with van der Waals surface area (Å²) >= 11 is 0. The van der Waals surface area contributed by atoms with Crippen LogP contribution in [0.2, 0.25) is 0 Å². The zero-order valence-electron chi connectivity index (χ0n) is 12.5. The number of rotatable bonds is 6. The van der Waals surface area contributed by atoms with E-state index in [9.17, 15) is 9.59 Å². The average molecular weight is 283 g/mol. The minimum Gasteiger partial charge on any atom is -0.460 e. The topological polar surface area (TPSA) is 64.6 Å². The molecule has 1 saturated carbocycles. The Morgan fingerprint density at radius 2 is 1.90 bits per heavy atom. The van der Waals surface area contributed by atoms with Gasteiger partial charge in [0.1, 0.15) is 12.2 Å². The molecular formula is C15H25NO4. The molecule has 0 heterocycles. The Labute approximate surface area is 120 Å². The second-order valence-electron chi connectivity index (χ2n) is 5.33. The van der Waals surface area contributed by atoms with Crippen LogP contribution in [0.5, 0.6) is 0 Å². The predicted octanol–water partition coefficient (Wildman–Crippen LogP) is 2.94. The van der Waals surface area contributed by atoms with Crippen molar-refractivity contribution >= 4 is 12.1 Å². The van der Waals surface area contributed by atoms with E-state index in [4.69, 9.17) is 9.47 Å². The molecule has 20 heavy (non-hydrogen) atoms. The summed E-state index contributed by atoms with van der Waals surface area (Å²) in [6, 6.07) is 0. The lowest BCUT2D eigenvalue weighted by molar-refractivity contribution is -0.138. The van der Waals surface area contributed by atoms with E-state index in [0.717, 1.165) is 32.1 Å². The van der Waals surface area contributed by atoms with Crippen LogP contribution in [0.15, 0.2) is 12.2 Å². The predicted molar refractivity (Wildman–Crippen MR) is 76.4 cm³/mol. The van der Waals surface area contributed by atoms with E-state index in [0.29, 0.717) is 5.57 Å². The quantitative estimate of drug-likeness (QED) is 0.462. The van der Waals surface area contributed by atoms with Gasteiger partial charge < -0.3 is 14.8 Å². The van der Waals surface area contributed by atoms with Crippen LogP contribution in [0.1, 0.15) is 52.4 Å². The van der Waals surface area contributed by atoms with Gasteiger partial charge in [-0.1, -0.05) is 19.9 Å². The molecule has 0 spiro atoms. The van der Waals surface area contributed by atoms with Gasteiger partial charge in [-0.15, -0.1) is 0 Å². The van der Waals surface area contributed by atoms with E-state index >= 15 is 0 Å². The average Bonchev–Trinajstić information content (AvgIpc) is 2.44. The number of hydrogen-bond donors (Lipinski definition) is 1. The molecule has 0 aliphatic heterocycles. The second kappa shape index (κ2) is 7.92. The van der Waals surface area contributed by atoms with Crippen molar-refractivity contribution in [1.82, 2.24) is 5.32 Å². The number of hydrogen-bond acceptors (Lipinski definition) is 4. The third-order valence-electron chi connectivity index (χ3n) is 3.67. The number of alkyl carbamates (subject to hydrolysis) is 1. The van der Waals surface area contributed by atoms with Crippen LogP contribution in [0, 0.1) is 0 Å². The fourth-order valence-corrected chi connectivity index (χ4v) is 2.38. The normalized spacial score (nSPS) is 17.1. The molecule has 114 valence electrons. The molecule has 0 unspecified atom stereocenters. The van der Waals surface area contributed by atoms with Crippen LogP contribution in [0.3, 0.4) is 0 Å². The Morgan fingerprint density at radius 3 is 2.45 bits per heavy atom. The molecule has 5 heteroatoms. The molecule has 0 aromatic carbocycles. The molecule has 1 N–H and O–H groups in total. The molecule has 1 aliphatic rings. The van der Waals surface area contributed by atoms with Gasteiger partial charge in [0.25, 0.3) is 0 Å². The Balaban J connectivity index is 2.25. The van der Waals surface area contributed by atoms with Crippen LogP contribution in [-0.2, 0) is 14.3 Å². The summed E-state index contributed by atoms with van der Waals surface area (Å²) in [4.78, 5) is 22.9. The highest BCUT2D eigenvalue weighted by atomic mass is 16.6. The molecule has 0 aromatic rings. The minimum atomic E-state index is -0.447. The number of ether oxygens (including phenoxy) is 2. The minimum absolute atomic E-state index is 0.125. The summed E-state index contributed by atoms with van der Waals surface area (Å²) in [7, 11) is 0. The maximum Gasteiger partial charge on any atom is 0.407 e. The van der Waals surface area contributed by atoms with Gasteiger partial charge >= 0.3 is 12.1 Å². The lowest BCUT2D eigenvalue weighted by Crippen LogP contribution is -2.41. The fraction of sp³-hybridized carbons (Fsp3) is 0.733. The Morgan fingerprint density at radius 1 is 1.25 bits per heavy atom. The molecule has 5 nitrogen and oxygen atoms in total. The molecular weight excluding hydrogens is 258 g/mol. The molecule has 0 aromatic heterocycles. The van der Waals surface area contributed by atoms with E-state index in [1.165, 1.54) is 6.42 Å². The van der Waals surface area contributed by atoms with Crippen molar-refractivity contribution in [1.29, 1.82) is 0 Å². The maximum atomic E-state index is 11.8. The SMILES string of the molecule is C=C(C)C(=O)OCCNC(=O)OC1(CC)CCCCC1. The Hall–Kier alpha value is -1.52. The maximum absolute atomic E-state index is 11.8. The number of carbonyl (C=O) groups is 2. The number of carbonyl (C=O) groups excluding carboxylic acids is 2. The molecule has 0 radical (unpaired) electrons. The van der Waals surface area contributed by atoms with Gasteiger partial charge in [0.2, 0.25) is 0 Å². The molecule has 1 amide bonds. The lowest BCUT2D eigenvalue weighted by atomic mass is 9.83. The highest BCUT2D eigenvalue weighted by Crippen LogP contribution is 2.34. The molecule has 1 fully saturated rings. The summed E-state index contributed by atoms with van der Waals surface area (Å²) in [6.45, 7) is 7.48. The van der Waals surface area contributed by atoms with Crippen LogP contribution in [0.4, 0.5) is 4.79 Å². The largest absolute Gasteiger partial charge is 0.460 e. The van der Waals surface area contributed by atoms with E-state index in [-0.39, 0.29) is 18.8 Å². The van der Waals surface area contributed by atoms with E-state index in [1.54, 1.807) is 6.92 Å². The molecule has 1 rings (SSSR count).